The number of ether oxygens (including phenoxy) is 1. The topological polar surface area (TPSA) is 33.3 Å². The summed E-state index contributed by atoms with van der Waals surface area (Å²) in [5, 5.41) is 7.90. The van der Waals surface area contributed by atoms with Crippen LogP contribution < -0.4 is 15.4 Å². The van der Waals surface area contributed by atoms with Crippen molar-refractivity contribution in [1.82, 2.24) is 0 Å². The minimum Gasteiger partial charge on any atom is -0.495 e. The SMILES string of the molecule is COc1ccc(NCCNc2cccc(Cl)c2)cc1Cl. The van der Waals surface area contributed by atoms with Gasteiger partial charge in [-0.1, -0.05) is 29.3 Å². The number of anilines is 2. The van der Waals surface area contributed by atoms with Gasteiger partial charge in [0.15, 0.2) is 0 Å². The molecule has 0 saturated carbocycles. The van der Waals surface area contributed by atoms with Gasteiger partial charge in [-0.2, -0.15) is 0 Å². The molecule has 0 aliphatic heterocycles. The lowest BCUT2D eigenvalue weighted by Crippen LogP contribution is -2.13. The molecule has 2 rings (SSSR count). The van der Waals surface area contributed by atoms with Crippen molar-refractivity contribution < 1.29 is 4.74 Å². The van der Waals surface area contributed by atoms with Crippen molar-refractivity contribution in [3.63, 3.8) is 0 Å². The minimum absolute atomic E-state index is 0.598. The maximum absolute atomic E-state index is 6.06. The van der Waals surface area contributed by atoms with Crippen LogP contribution in [0.1, 0.15) is 0 Å². The Labute approximate surface area is 128 Å². The molecule has 2 aromatic carbocycles. The van der Waals surface area contributed by atoms with Gasteiger partial charge in [0.05, 0.1) is 12.1 Å². The zero-order chi connectivity index (χ0) is 14.4. The summed E-state index contributed by atoms with van der Waals surface area (Å²) in [5.41, 5.74) is 1.97. The number of hydrogen-bond donors (Lipinski definition) is 2. The van der Waals surface area contributed by atoms with Gasteiger partial charge in [0.1, 0.15) is 5.75 Å². The molecule has 0 aliphatic rings. The lowest BCUT2D eigenvalue weighted by Gasteiger charge is -2.10. The van der Waals surface area contributed by atoms with Gasteiger partial charge in [-0.3, -0.25) is 0 Å². The number of rotatable bonds is 6. The van der Waals surface area contributed by atoms with E-state index in [-0.39, 0.29) is 0 Å². The van der Waals surface area contributed by atoms with E-state index >= 15 is 0 Å². The van der Waals surface area contributed by atoms with Crippen LogP contribution in [-0.4, -0.2) is 20.2 Å². The summed E-state index contributed by atoms with van der Waals surface area (Å²) < 4.78 is 5.11. The van der Waals surface area contributed by atoms with Gasteiger partial charge >= 0.3 is 0 Å². The van der Waals surface area contributed by atoms with Crippen LogP contribution in [0.2, 0.25) is 10.0 Å². The van der Waals surface area contributed by atoms with E-state index in [9.17, 15) is 0 Å². The molecule has 0 unspecified atom stereocenters. The van der Waals surface area contributed by atoms with E-state index in [1.54, 1.807) is 7.11 Å². The molecule has 0 spiro atoms. The second kappa shape index (κ2) is 7.27. The average molecular weight is 311 g/mol. The first kappa shape index (κ1) is 14.8. The fraction of sp³-hybridized carbons (Fsp3) is 0.200. The van der Waals surface area contributed by atoms with E-state index in [1.807, 2.05) is 42.5 Å². The quantitative estimate of drug-likeness (QED) is 0.769. The van der Waals surface area contributed by atoms with Crippen LogP contribution in [0.25, 0.3) is 0 Å². The van der Waals surface area contributed by atoms with E-state index in [2.05, 4.69) is 10.6 Å². The largest absolute Gasteiger partial charge is 0.495 e. The van der Waals surface area contributed by atoms with E-state index in [4.69, 9.17) is 27.9 Å². The number of benzene rings is 2. The minimum atomic E-state index is 0.598. The van der Waals surface area contributed by atoms with Crippen LogP contribution in [0.5, 0.6) is 5.75 Å². The molecular weight excluding hydrogens is 295 g/mol. The molecule has 0 bridgehead atoms. The second-order valence-corrected chi connectivity index (χ2v) is 5.06. The molecule has 106 valence electrons. The number of hydrogen-bond acceptors (Lipinski definition) is 3. The Kier molecular flexibility index (Phi) is 5.39. The second-order valence-electron chi connectivity index (χ2n) is 4.21. The number of halogens is 2. The van der Waals surface area contributed by atoms with E-state index < -0.39 is 0 Å². The van der Waals surface area contributed by atoms with Crippen molar-refractivity contribution in [3.05, 3.63) is 52.5 Å². The van der Waals surface area contributed by atoms with Crippen LogP contribution >= 0.6 is 23.2 Å². The molecule has 2 N–H and O–H groups in total. The molecule has 5 heteroatoms. The highest BCUT2D eigenvalue weighted by Crippen LogP contribution is 2.27. The van der Waals surface area contributed by atoms with Crippen molar-refractivity contribution in [2.75, 3.05) is 30.8 Å². The molecule has 0 aliphatic carbocycles. The smallest absolute Gasteiger partial charge is 0.137 e. The van der Waals surface area contributed by atoms with Gasteiger partial charge in [-0.15, -0.1) is 0 Å². The van der Waals surface area contributed by atoms with Crippen LogP contribution in [-0.2, 0) is 0 Å². The Morgan fingerprint density at radius 2 is 1.65 bits per heavy atom. The Morgan fingerprint density at radius 3 is 2.25 bits per heavy atom. The van der Waals surface area contributed by atoms with Gasteiger partial charge in [0, 0.05) is 29.5 Å². The third-order valence-electron chi connectivity index (χ3n) is 2.76. The van der Waals surface area contributed by atoms with E-state index in [0.717, 1.165) is 29.5 Å². The van der Waals surface area contributed by atoms with Gasteiger partial charge in [-0.25, -0.2) is 0 Å². The first-order valence-corrected chi connectivity index (χ1v) is 7.01. The molecule has 0 radical (unpaired) electrons. The summed E-state index contributed by atoms with van der Waals surface area (Å²) in [4.78, 5) is 0. The zero-order valence-corrected chi connectivity index (χ0v) is 12.6. The third-order valence-corrected chi connectivity index (χ3v) is 3.29. The van der Waals surface area contributed by atoms with Crippen LogP contribution in [0.15, 0.2) is 42.5 Å². The lowest BCUT2D eigenvalue weighted by molar-refractivity contribution is 0.415. The first-order chi connectivity index (χ1) is 9.69. The van der Waals surface area contributed by atoms with E-state index in [0.29, 0.717) is 10.8 Å². The molecule has 2 aromatic rings. The molecule has 0 aromatic heterocycles. The molecule has 0 atom stereocenters. The van der Waals surface area contributed by atoms with Gasteiger partial charge in [0.2, 0.25) is 0 Å². The van der Waals surface area contributed by atoms with Crippen molar-refractivity contribution >= 4 is 34.6 Å². The van der Waals surface area contributed by atoms with Crippen molar-refractivity contribution in [2.45, 2.75) is 0 Å². The molecule has 3 nitrogen and oxygen atoms in total. The predicted octanol–water partition coefficient (Wildman–Crippen LogP) is 4.53. The van der Waals surface area contributed by atoms with Gasteiger partial charge in [-0.05, 0) is 36.4 Å². The highest BCUT2D eigenvalue weighted by molar-refractivity contribution is 6.32. The summed E-state index contributed by atoms with van der Waals surface area (Å²) in [6, 6.07) is 13.3. The zero-order valence-electron chi connectivity index (χ0n) is 11.1. The Morgan fingerprint density at radius 1 is 0.950 bits per heavy atom. The third kappa shape index (κ3) is 4.22. The highest BCUT2D eigenvalue weighted by atomic mass is 35.5. The molecule has 0 fully saturated rings. The first-order valence-electron chi connectivity index (χ1n) is 6.26. The standard InChI is InChI=1S/C15H16Cl2N2O/c1-20-15-6-5-13(10-14(15)17)19-8-7-18-12-4-2-3-11(16)9-12/h2-6,9-10,18-19H,7-8H2,1H3. The molecule has 20 heavy (non-hydrogen) atoms. The van der Waals surface area contributed by atoms with Crippen molar-refractivity contribution in [2.24, 2.45) is 0 Å². The lowest BCUT2D eigenvalue weighted by atomic mass is 10.3. The summed E-state index contributed by atoms with van der Waals surface area (Å²) in [7, 11) is 1.60. The Bertz CT molecular complexity index is 576. The van der Waals surface area contributed by atoms with Crippen LogP contribution in [0.4, 0.5) is 11.4 Å². The Balaban J connectivity index is 1.80. The fourth-order valence-electron chi connectivity index (χ4n) is 1.79. The average Bonchev–Trinajstić information content (AvgIpc) is 2.44. The molecule has 0 saturated heterocycles. The predicted molar refractivity (Wildman–Crippen MR) is 86.4 cm³/mol. The summed E-state index contributed by atoms with van der Waals surface area (Å²) in [5.74, 6) is 0.675. The maximum Gasteiger partial charge on any atom is 0.137 e. The monoisotopic (exact) mass is 310 g/mol. The molecular formula is C15H16Cl2N2O. The number of nitrogens with one attached hydrogen (secondary N) is 2. The summed E-state index contributed by atoms with van der Waals surface area (Å²) in [6.07, 6.45) is 0. The fourth-order valence-corrected chi connectivity index (χ4v) is 2.24. The van der Waals surface area contributed by atoms with Crippen molar-refractivity contribution in [3.8, 4) is 5.75 Å². The van der Waals surface area contributed by atoms with Gasteiger partial charge in [0.25, 0.3) is 0 Å². The number of methoxy groups -OCH3 is 1. The summed E-state index contributed by atoms with van der Waals surface area (Å²) >= 11 is 12.0. The van der Waals surface area contributed by atoms with Crippen LogP contribution in [0.3, 0.4) is 0 Å². The molecule has 0 heterocycles. The van der Waals surface area contributed by atoms with Crippen LogP contribution in [0, 0.1) is 0 Å². The van der Waals surface area contributed by atoms with Gasteiger partial charge < -0.3 is 15.4 Å². The Hall–Kier alpha value is -1.58. The normalized spacial score (nSPS) is 10.2. The van der Waals surface area contributed by atoms with E-state index in [1.165, 1.54) is 0 Å². The van der Waals surface area contributed by atoms with Crippen molar-refractivity contribution in [1.29, 1.82) is 0 Å². The molecule has 0 amide bonds. The maximum atomic E-state index is 6.06. The highest BCUT2D eigenvalue weighted by Gasteiger charge is 2.01. The summed E-state index contributed by atoms with van der Waals surface area (Å²) in [6.45, 7) is 1.55.